The van der Waals surface area contributed by atoms with Gasteiger partial charge in [-0.05, 0) is 48.7 Å². The van der Waals surface area contributed by atoms with Gasteiger partial charge in [0.25, 0.3) is 0 Å². The molecule has 0 fully saturated rings. The average molecular weight is 359 g/mol. The number of rotatable bonds is 3. The number of nitrogens with one attached hydrogen (secondary N) is 2. The summed E-state index contributed by atoms with van der Waals surface area (Å²) < 4.78 is 13.9. The topological polar surface area (TPSA) is 44.4 Å². The van der Waals surface area contributed by atoms with Gasteiger partial charge in [-0.3, -0.25) is 0 Å². The zero-order valence-electron chi connectivity index (χ0n) is 14.6. The van der Waals surface area contributed by atoms with E-state index in [1.54, 1.807) is 6.07 Å². The lowest BCUT2D eigenvalue weighted by Gasteiger charge is -2.26. The largest absolute Gasteiger partial charge is 0.378 e. The Labute approximate surface area is 151 Å². The molecular weight excluding hydrogens is 337 g/mol. The third-order valence-corrected chi connectivity index (χ3v) is 5.46. The van der Waals surface area contributed by atoms with Crippen LogP contribution in [-0.2, 0) is 0 Å². The number of aryl methyl sites for hydroxylation is 1. The maximum Gasteiger partial charge on any atom is 0.319 e. The predicted molar refractivity (Wildman–Crippen MR) is 102 cm³/mol. The van der Waals surface area contributed by atoms with Crippen molar-refractivity contribution in [2.24, 2.45) is 0 Å². The number of anilines is 2. The monoisotopic (exact) mass is 359 g/mol. The molecule has 0 aliphatic carbocycles. The molecule has 0 radical (unpaired) electrons. The van der Waals surface area contributed by atoms with E-state index in [9.17, 15) is 9.18 Å². The molecule has 1 aliphatic heterocycles. The average Bonchev–Trinajstić information content (AvgIpc) is 2.57. The van der Waals surface area contributed by atoms with Crippen LogP contribution in [0.4, 0.5) is 20.6 Å². The Kier molecular flexibility index (Phi) is 5.18. The van der Waals surface area contributed by atoms with Gasteiger partial charge in [0.2, 0.25) is 0 Å². The van der Waals surface area contributed by atoms with E-state index < -0.39 is 0 Å². The number of urea groups is 1. The molecule has 1 aliphatic rings. The number of nitrogens with zero attached hydrogens (tertiary/aromatic N) is 1. The fourth-order valence-corrected chi connectivity index (χ4v) is 4.06. The summed E-state index contributed by atoms with van der Waals surface area (Å²) in [4.78, 5) is 15.1. The quantitative estimate of drug-likeness (QED) is 0.844. The number of hydrogen-bond donors (Lipinski definition) is 2. The standard InChI is InChI=1S/C19H22FN3OS/c1-12-11-13(23(2)3)7-8-16(12)21-19(24)22-17-9-10-25-18-14(17)5-4-6-15(18)20/h4-8,11,17H,9-10H2,1-3H3,(H2,21,22,24). The molecule has 0 saturated heterocycles. The summed E-state index contributed by atoms with van der Waals surface area (Å²) in [6.07, 6.45) is 0.785. The van der Waals surface area contributed by atoms with Crippen LogP contribution < -0.4 is 15.5 Å². The highest BCUT2D eigenvalue weighted by atomic mass is 32.2. The van der Waals surface area contributed by atoms with Crippen molar-refractivity contribution in [3.63, 3.8) is 0 Å². The molecule has 2 amide bonds. The minimum Gasteiger partial charge on any atom is -0.378 e. The zero-order chi connectivity index (χ0) is 18.0. The van der Waals surface area contributed by atoms with E-state index in [1.807, 2.05) is 50.2 Å². The molecule has 2 N–H and O–H groups in total. The SMILES string of the molecule is Cc1cc(N(C)C)ccc1NC(=O)NC1CCSc2c(F)cccc21. The molecule has 2 aromatic rings. The summed E-state index contributed by atoms with van der Waals surface area (Å²) in [7, 11) is 3.96. The number of fused-ring (bicyclic) bond motifs is 1. The fourth-order valence-electron chi connectivity index (χ4n) is 2.92. The molecule has 2 aromatic carbocycles. The summed E-state index contributed by atoms with van der Waals surface area (Å²) in [6.45, 7) is 1.96. The molecule has 1 unspecified atom stereocenters. The molecule has 4 nitrogen and oxygen atoms in total. The van der Waals surface area contributed by atoms with Crippen molar-refractivity contribution in [3.8, 4) is 0 Å². The maximum atomic E-state index is 13.9. The van der Waals surface area contributed by atoms with Gasteiger partial charge in [-0.15, -0.1) is 11.8 Å². The van der Waals surface area contributed by atoms with Crippen molar-refractivity contribution < 1.29 is 9.18 Å². The van der Waals surface area contributed by atoms with E-state index in [4.69, 9.17) is 0 Å². The van der Waals surface area contributed by atoms with E-state index in [2.05, 4.69) is 10.6 Å². The second-order valence-corrected chi connectivity index (χ2v) is 7.45. The van der Waals surface area contributed by atoms with Crippen molar-refractivity contribution in [2.75, 3.05) is 30.1 Å². The fraction of sp³-hybridized carbons (Fsp3) is 0.316. The first-order valence-corrected chi connectivity index (χ1v) is 9.21. The van der Waals surface area contributed by atoms with Crippen molar-refractivity contribution in [1.29, 1.82) is 0 Å². The first-order valence-electron chi connectivity index (χ1n) is 8.22. The third-order valence-electron chi connectivity index (χ3n) is 4.31. The molecule has 0 saturated carbocycles. The van der Waals surface area contributed by atoms with Gasteiger partial charge in [0.1, 0.15) is 5.82 Å². The van der Waals surface area contributed by atoms with Gasteiger partial charge in [0, 0.05) is 36.1 Å². The van der Waals surface area contributed by atoms with Crippen molar-refractivity contribution >= 4 is 29.2 Å². The van der Waals surface area contributed by atoms with Crippen LogP contribution in [-0.4, -0.2) is 25.9 Å². The van der Waals surface area contributed by atoms with Crippen LogP contribution in [0.25, 0.3) is 0 Å². The van der Waals surface area contributed by atoms with Crippen LogP contribution in [0.15, 0.2) is 41.3 Å². The summed E-state index contributed by atoms with van der Waals surface area (Å²) in [6, 6.07) is 10.5. The lowest BCUT2D eigenvalue weighted by Crippen LogP contribution is -2.34. The molecular formula is C19H22FN3OS. The van der Waals surface area contributed by atoms with Gasteiger partial charge < -0.3 is 15.5 Å². The van der Waals surface area contributed by atoms with Crippen molar-refractivity contribution in [3.05, 3.63) is 53.3 Å². The van der Waals surface area contributed by atoms with Crippen LogP contribution in [0.3, 0.4) is 0 Å². The lowest BCUT2D eigenvalue weighted by atomic mass is 10.0. The van der Waals surface area contributed by atoms with E-state index in [0.717, 1.165) is 34.7 Å². The van der Waals surface area contributed by atoms with Crippen LogP contribution in [0, 0.1) is 12.7 Å². The lowest BCUT2D eigenvalue weighted by molar-refractivity contribution is 0.248. The second-order valence-electron chi connectivity index (χ2n) is 6.34. The molecule has 0 aromatic heterocycles. The van der Waals surface area contributed by atoms with Gasteiger partial charge in [-0.25, -0.2) is 9.18 Å². The summed E-state index contributed by atoms with van der Waals surface area (Å²) in [5.41, 5.74) is 3.70. The van der Waals surface area contributed by atoms with E-state index in [-0.39, 0.29) is 17.9 Å². The summed E-state index contributed by atoms with van der Waals surface area (Å²) >= 11 is 1.51. The Bertz CT molecular complexity index is 794. The minimum atomic E-state index is -0.271. The highest BCUT2D eigenvalue weighted by Gasteiger charge is 2.24. The Morgan fingerprint density at radius 1 is 1.28 bits per heavy atom. The Morgan fingerprint density at radius 3 is 2.80 bits per heavy atom. The molecule has 0 bridgehead atoms. The van der Waals surface area contributed by atoms with Crippen LogP contribution >= 0.6 is 11.8 Å². The van der Waals surface area contributed by atoms with Crippen molar-refractivity contribution in [2.45, 2.75) is 24.3 Å². The van der Waals surface area contributed by atoms with Crippen molar-refractivity contribution in [1.82, 2.24) is 5.32 Å². The zero-order valence-corrected chi connectivity index (χ0v) is 15.4. The first-order chi connectivity index (χ1) is 12.0. The Balaban J connectivity index is 1.71. The number of carbonyl (C=O) groups excluding carboxylic acids is 1. The number of thioether (sulfide) groups is 1. The van der Waals surface area contributed by atoms with Gasteiger partial charge >= 0.3 is 6.03 Å². The molecule has 1 heterocycles. The summed E-state index contributed by atoms with van der Waals surface area (Å²) in [5.74, 6) is 0.569. The van der Waals surface area contributed by atoms with Gasteiger partial charge in [0.15, 0.2) is 0 Å². The minimum absolute atomic E-state index is 0.173. The highest BCUT2D eigenvalue weighted by molar-refractivity contribution is 7.99. The van der Waals surface area contributed by atoms with E-state index in [1.165, 1.54) is 17.8 Å². The molecule has 0 spiro atoms. The maximum absolute atomic E-state index is 13.9. The van der Waals surface area contributed by atoms with Crippen LogP contribution in [0.1, 0.15) is 23.6 Å². The molecule has 3 rings (SSSR count). The molecule has 6 heteroatoms. The van der Waals surface area contributed by atoms with Crippen LogP contribution in [0.5, 0.6) is 0 Å². The number of hydrogen-bond acceptors (Lipinski definition) is 3. The Hall–Kier alpha value is -2.21. The van der Waals surface area contributed by atoms with Crippen LogP contribution in [0.2, 0.25) is 0 Å². The molecule has 25 heavy (non-hydrogen) atoms. The van der Waals surface area contributed by atoms with E-state index in [0.29, 0.717) is 4.90 Å². The number of benzene rings is 2. The third kappa shape index (κ3) is 3.90. The van der Waals surface area contributed by atoms with Gasteiger partial charge in [-0.2, -0.15) is 0 Å². The predicted octanol–water partition coefficient (Wildman–Crippen LogP) is 4.56. The smallest absolute Gasteiger partial charge is 0.319 e. The number of amides is 2. The molecule has 132 valence electrons. The second kappa shape index (κ2) is 7.35. The number of halogens is 1. The normalized spacial score (nSPS) is 16.1. The summed E-state index contributed by atoms with van der Waals surface area (Å²) in [5, 5.41) is 5.87. The highest BCUT2D eigenvalue weighted by Crippen LogP contribution is 2.37. The molecule has 1 atom stereocenters. The number of carbonyl (C=O) groups is 1. The first kappa shape index (κ1) is 17.6. The Morgan fingerprint density at radius 2 is 2.08 bits per heavy atom. The van der Waals surface area contributed by atoms with Gasteiger partial charge in [0.05, 0.1) is 6.04 Å². The van der Waals surface area contributed by atoms with E-state index >= 15 is 0 Å². The van der Waals surface area contributed by atoms with Gasteiger partial charge in [-0.1, -0.05) is 12.1 Å².